The number of esters is 1. The van der Waals surface area contributed by atoms with Gasteiger partial charge in [0, 0.05) is 23.9 Å². The van der Waals surface area contributed by atoms with Crippen molar-refractivity contribution >= 4 is 29.3 Å². The van der Waals surface area contributed by atoms with E-state index in [9.17, 15) is 9.59 Å². The second kappa shape index (κ2) is 9.19. The third kappa shape index (κ3) is 5.85. The molecule has 0 spiro atoms. The van der Waals surface area contributed by atoms with Crippen LogP contribution in [0.2, 0.25) is 0 Å². The summed E-state index contributed by atoms with van der Waals surface area (Å²) in [5, 5.41) is 2.39. The Morgan fingerprint density at radius 1 is 1.18 bits per heavy atom. The summed E-state index contributed by atoms with van der Waals surface area (Å²) in [6.07, 6.45) is 0. The van der Waals surface area contributed by atoms with Crippen LogP contribution in [0.5, 0.6) is 11.5 Å². The first-order valence-electron chi connectivity index (χ1n) is 6.81. The Morgan fingerprint density at radius 2 is 1.77 bits per heavy atom. The van der Waals surface area contributed by atoms with Crippen LogP contribution in [0.1, 0.15) is 13.8 Å². The Hall–Kier alpha value is -1.89. The SMILES string of the molecule is CCOC(=O)CSC(C)C(=O)Nc1cc(OC)cc(OC)c1. The van der Waals surface area contributed by atoms with Crippen molar-refractivity contribution in [2.45, 2.75) is 19.1 Å². The molecule has 1 atom stereocenters. The lowest BCUT2D eigenvalue weighted by atomic mass is 10.2. The van der Waals surface area contributed by atoms with Gasteiger partial charge in [-0.2, -0.15) is 0 Å². The van der Waals surface area contributed by atoms with Gasteiger partial charge in [0.1, 0.15) is 11.5 Å². The third-order valence-electron chi connectivity index (χ3n) is 2.74. The average Bonchev–Trinajstić information content (AvgIpc) is 2.52. The van der Waals surface area contributed by atoms with Crippen LogP contribution in [0.4, 0.5) is 5.69 Å². The number of anilines is 1. The smallest absolute Gasteiger partial charge is 0.315 e. The predicted octanol–water partition coefficient (Wildman–Crippen LogP) is 2.33. The molecule has 6 nitrogen and oxygen atoms in total. The molecule has 1 amide bonds. The average molecular weight is 327 g/mol. The summed E-state index contributed by atoms with van der Waals surface area (Å²) in [5.41, 5.74) is 0.574. The molecule has 0 saturated carbocycles. The van der Waals surface area contributed by atoms with Gasteiger partial charge in [-0.25, -0.2) is 0 Å². The molecule has 0 radical (unpaired) electrons. The number of thioether (sulfide) groups is 1. The van der Waals surface area contributed by atoms with E-state index in [1.807, 2.05) is 0 Å². The molecule has 0 aromatic heterocycles. The molecular formula is C15H21NO5S. The molecule has 7 heteroatoms. The summed E-state index contributed by atoms with van der Waals surface area (Å²) in [7, 11) is 3.08. The number of carbonyl (C=O) groups excluding carboxylic acids is 2. The monoisotopic (exact) mass is 327 g/mol. The molecule has 1 aromatic rings. The van der Waals surface area contributed by atoms with Gasteiger partial charge in [-0.3, -0.25) is 9.59 Å². The number of nitrogens with one attached hydrogen (secondary N) is 1. The lowest BCUT2D eigenvalue weighted by Crippen LogP contribution is -2.24. The number of benzene rings is 1. The number of amides is 1. The van der Waals surface area contributed by atoms with Crippen molar-refractivity contribution in [3.8, 4) is 11.5 Å². The first kappa shape index (κ1) is 18.2. The number of hydrogen-bond donors (Lipinski definition) is 1. The Balaban J connectivity index is 2.61. The molecule has 1 N–H and O–H groups in total. The largest absolute Gasteiger partial charge is 0.497 e. The quantitative estimate of drug-likeness (QED) is 0.739. The van der Waals surface area contributed by atoms with Crippen molar-refractivity contribution in [1.29, 1.82) is 0 Å². The van der Waals surface area contributed by atoms with Crippen molar-refractivity contribution in [1.82, 2.24) is 0 Å². The van der Waals surface area contributed by atoms with Crippen LogP contribution in [-0.4, -0.2) is 43.7 Å². The highest BCUT2D eigenvalue weighted by molar-refractivity contribution is 8.01. The minimum absolute atomic E-state index is 0.143. The molecule has 0 fully saturated rings. The molecule has 0 aliphatic rings. The Bertz CT molecular complexity index is 498. The normalized spacial score (nSPS) is 11.5. The number of rotatable bonds is 8. The standard InChI is InChI=1S/C15H21NO5S/c1-5-21-14(17)9-22-10(2)15(18)16-11-6-12(19-3)8-13(7-11)20-4/h6-8,10H,5,9H2,1-4H3,(H,16,18). The van der Waals surface area contributed by atoms with E-state index in [2.05, 4.69) is 5.32 Å². The van der Waals surface area contributed by atoms with Gasteiger partial charge < -0.3 is 19.5 Å². The summed E-state index contributed by atoms with van der Waals surface area (Å²) in [5.74, 6) is 0.784. The minimum Gasteiger partial charge on any atom is -0.497 e. The maximum Gasteiger partial charge on any atom is 0.315 e. The van der Waals surface area contributed by atoms with E-state index in [1.165, 1.54) is 26.0 Å². The highest BCUT2D eigenvalue weighted by atomic mass is 32.2. The van der Waals surface area contributed by atoms with Crippen LogP contribution in [-0.2, 0) is 14.3 Å². The number of methoxy groups -OCH3 is 2. The van der Waals surface area contributed by atoms with E-state index in [0.29, 0.717) is 23.8 Å². The van der Waals surface area contributed by atoms with E-state index >= 15 is 0 Å². The molecule has 0 saturated heterocycles. The summed E-state index contributed by atoms with van der Waals surface area (Å²) in [4.78, 5) is 23.4. The van der Waals surface area contributed by atoms with Gasteiger partial charge in [0.2, 0.25) is 5.91 Å². The second-order valence-corrected chi connectivity index (χ2v) is 5.68. The number of ether oxygens (including phenoxy) is 3. The van der Waals surface area contributed by atoms with E-state index in [-0.39, 0.29) is 22.9 Å². The van der Waals surface area contributed by atoms with Crippen LogP contribution in [0, 0.1) is 0 Å². The predicted molar refractivity (Wildman–Crippen MR) is 86.7 cm³/mol. The van der Waals surface area contributed by atoms with E-state index in [1.54, 1.807) is 32.0 Å². The summed E-state index contributed by atoms with van der Waals surface area (Å²) in [6, 6.07) is 5.11. The van der Waals surface area contributed by atoms with Crippen molar-refractivity contribution in [2.75, 3.05) is 31.9 Å². The highest BCUT2D eigenvalue weighted by Crippen LogP contribution is 2.26. The lowest BCUT2D eigenvalue weighted by molar-refractivity contribution is -0.139. The molecular weight excluding hydrogens is 306 g/mol. The van der Waals surface area contributed by atoms with Crippen LogP contribution in [0.25, 0.3) is 0 Å². The highest BCUT2D eigenvalue weighted by Gasteiger charge is 2.16. The summed E-state index contributed by atoms with van der Waals surface area (Å²) < 4.78 is 15.1. The van der Waals surface area contributed by atoms with E-state index in [4.69, 9.17) is 14.2 Å². The summed E-state index contributed by atoms with van der Waals surface area (Å²) >= 11 is 1.22. The van der Waals surface area contributed by atoms with Gasteiger partial charge in [-0.1, -0.05) is 0 Å². The molecule has 1 unspecified atom stereocenters. The van der Waals surface area contributed by atoms with Gasteiger partial charge in [-0.15, -0.1) is 11.8 Å². The van der Waals surface area contributed by atoms with Gasteiger partial charge in [0.15, 0.2) is 0 Å². The van der Waals surface area contributed by atoms with Gasteiger partial charge in [-0.05, 0) is 13.8 Å². The third-order valence-corrected chi connectivity index (χ3v) is 3.86. The van der Waals surface area contributed by atoms with Crippen LogP contribution in [0.3, 0.4) is 0 Å². The lowest BCUT2D eigenvalue weighted by Gasteiger charge is -2.13. The Morgan fingerprint density at radius 3 is 2.27 bits per heavy atom. The molecule has 0 aliphatic carbocycles. The maximum absolute atomic E-state index is 12.1. The first-order valence-corrected chi connectivity index (χ1v) is 7.86. The molecule has 0 aliphatic heterocycles. The Labute approximate surface area is 134 Å². The maximum atomic E-state index is 12.1. The van der Waals surface area contributed by atoms with Gasteiger partial charge >= 0.3 is 5.97 Å². The number of hydrogen-bond acceptors (Lipinski definition) is 6. The fourth-order valence-corrected chi connectivity index (χ4v) is 2.27. The van der Waals surface area contributed by atoms with E-state index in [0.717, 1.165) is 0 Å². The van der Waals surface area contributed by atoms with Crippen LogP contribution in [0.15, 0.2) is 18.2 Å². The van der Waals surface area contributed by atoms with Gasteiger partial charge in [0.25, 0.3) is 0 Å². The van der Waals surface area contributed by atoms with E-state index < -0.39 is 0 Å². The molecule has 22 heavy (non-hydrogen) atoms. The summed E-state index contributed by atoms with van der Waals surface area (Å²) in [6.45, 7) is 3.81. The number of carbonyl (C=O) groups is 2. The minimum atomic E-state index is -0.387. The Kier molecular flexibility index (Phi) is 7.59. The zero-order valence-electron chi connectivity index (χ0n) is 13.2. The fraction of sp³-hybridized carbons (Fsp3) is 0.467. The van der Waals surface area contributed by atoms with Crippen LogP contribution < -0.4 is 14.8 Å². The fourth-order valence-electron chi connectivity index (χ4n) is 1.59. The molecule has 1 rings (SSSR count). The van der Waals surface area contributed by atoms with Crippen molar-refractivity contribution < 1.29 is 23.8 Å². The topological polar surface area (TPSA) is 73.9 Å². The zero-order valence-corrected chi connectivity index (χ0v) is 14.0. The van der Waals surface area contributed by atoms with Crippen LogP contribution >= 0.6 is 11.8 Å². The molecule has 122 valence electrons. The zero-order chi connectivity index (χ0) is 16.5. The molecule has 0 heterocycles. The first-order chi connectivity index (χ1) is 10.5. The van der Waals surface area contributed by atoms with Gasteiger partial charge in [0.05, 0.1) is 31.8 Å². The second-order valence-electron chi connectivity index (χ2n) is 4.35. The van der Waals surface area contributed by atoms with Crippen molar-refractivity contribution in [2.24, 2.45) is 0 Å². The molecule has 1 aromatic carbocycles. The van der Waals surface area contributed by atoms with Crippen molar-refractivity contribution in [3.05, 3.63) is 18.2 Å². The molecule has 0 bridgehead atoms. The van der Waals surface area contributed by atoms with Crippen molar-refractivity contribution in [3.63, 3.8) is 0 Å².